The molecule has 3 heteroatoms. The quantitative estimate of drug-likeness (QED) is 0.485. The molecule has 0 aliphatic heterocycles. The molecular weight excluding hydrogens is 212 g/mol. The van der Waals surface area contributed by atoms with E-state index in [2.05, 4.69) is 0 Å². The zero-order valence-electron chi connectivity index (χ0n) is 9.63. The van der Waals surface area contributed by atoms with E-state index in [1.165, 1.54) is 7.05 Å². The molecule has 0 aliphatic rings. The van der Waals surface area contributed by atoms with E-state index in [9.17, 15) is 4.79 Å². The van der Waals surface area contributed by atoms with Gasteiger partial charge in [-0.25, -0.2) is 5.84 Å². The summed E-state index contributed by atoms with van der Waals surface area (Å²) in [5.41, 5.74) is 2.81. The number of hydrazine groups is 1. The minimum atomic E-state index is -0.190. The van der Waals surface area contributed by atoms with Gasteiger partial charge in [-0.2, -0.15) is 0 Å². The summed E-state index contributed by atoms with van der Waals surface area (Å²) in [5.74, 6) is 5.21. The summed E-state index contributed by atoms with van der Waals surface area (Å²) < 4.78 is 0. The Bertz CT molecular complexity index is 504. The van der Waals surface area contributed by atoms with Crippen LogP contribution >= 0.6 is 0 Å². The molecule has 0 aromatic heterocycles. The number of hydrogen-bond acceptors (Lipinski definition) is 2. The van der Waals surface area contributed by atoms with E-state index in [1.54, 1.807) is 12.1 Å². The van der Waals surface area contributed by atoms with Crippen molar-refractivity contribution in [3.8, 4) is 11.1 Å². The third-order valence-electron chi connectivity index (χ3n) is 2.56. The molecular formula is C14H14N2O. The van der Waals surface area contributed by atoms with Crippen molar-refractivity contribution in [2.45, 2.75) is 0 Å². The first kappa shape index (κ1) is 11.4. The zero-order valence-corrected chi connectivity index (χ0v) is 9.63. The van der Waals surface area contributed by atoms with Crippen LogP contribution in [0.3, 0.4) is 0 Å². The summed E-state index contributed by atoms with van der Waals surface area (Å²) in [6.07, 6.45) is 0. The van der Waals surface area contributed by atoms with Crippen molar-refractivity contribution in [1.82, 2.24) is 5.01 Å². The smallest absolute Gasteiger partial charge is 0.267 e. The van der Waals surface area contributed by atoms with Crippen LogP contribution in [-0.2, 0) is 0 Å². The van der Waals surface area contributed by atoms with Gasteiger partial charge in [0.2, 0.25) is 0 Å². The maximum Gasteiger partial charge on any atom is 0.267 e. The molecule has 2 aromatic rings. The highest BCUT2D eigenvalue weighted by atomic mass is 16.2. The van der Waals surface area contributed by atoms with E-state index in [0.717, 1.165) is 16.1 Å². The van der Waals surface area contributed by atoms with Gasteiger partial charge in [-0.1, -0.05) is 42.5 Å². The summed E-state index contributed by atoms with van der Waals surface area (Å²) >= 11 is 0. The molecule has 2 N–H and O–H groups in total. The van der Waals surface area contributed by atoms with Crippen LogP contribution in [0.2, 0.25) is 0 Å². The molecule has 3 nitrogen and oxygen atoms in total. The number of rotatable bonds is 2. The van der Waals surface area contributed by atoms with Crippen molar-refractivity contribution in [3.63, 3.8) is 0 Å². The number of nitrogens with zero attached hydrogens (tertiary/aromatic N) is 1. The SMILES string of the molecule is CN(N)C(=O)c1ccc(-c2ccccc2)cc1. The number of benzene rings is 2. The second-order valence-corrected chi connectivity index (χ2v) is 3.86. The summed E-state index contributed by atoms with van der Waals surface area (Å²) in [7, 11) is 1.54. The molecule has 1 amide bonds. The van der Waals surface area contributed by atoms with Crippen molar-refractivity contribution < 1.29 is 4.79 Å². The summed E-state index contributed by atoms with van der Waals surface area (Å²) in [6, 6.07) is 17.4. The second-order valence-electron chi connectivity index (χ2n) is 3.86. The number of nitrogens with two attached hydrogens (primary N) is 1. The highest BCUT2D eigenvalue weighted by molar-refractivity contribution is 5.94. The normalized spacial score (nSPS) is 10.0. The topological polar surface area (TPSA) is 46.3 Å². The standard InChI is InChI=1S/C14H14N2O/c1-16(15)14(17)13-9-7-12(8-10-13)11-5-3-2-4-6-11/h2-10H,15H2,1H3. The first-order valence-electron chi connectivity index (χ1n) is 5.37. The average Bonchev–Trinajstić information content (AvgIpc) is 2.39. The van der Waals surface area contributed by atoms with Gasteiger partial charge in [0.05, 0.1) is 0 Å². The van der Waals surface area contributed by atoms with Crippen LogP contribution in [0, 0.1) is 0 Å². The van der Waals surface area contributed by atoms with Gasteiger partial charge in [-0.15, -0.1) is 0 Å². The van der Waals surface area contributed by atoms with Crippen molar-refractivity contribution in [2.24, 2.45) is 5.84 Å². The number of carbonyl (C=O) groups is 1. The van der Waals surface area contributed by atoms with Gasteiger partial charge < -0.3 is 0 Å². The molecule has 0 radical (unpaired) electrons. The van der Waals surface area contributed by atoms with Crippen LogP contribution in [0.25, 0.3) is 11.1 Å². The van der Waals surface area contributed by atoms with Gasteiger partial charge in [0.1, 0.15) is 0 Å². The average molecular weight is 226 g/mol. The Morgan fingerprint density at radius 1 is 0.941 bits per heavy atom. The van der Waals surface area contributed by atoms with Gasteiger partial charge in [-0.3, -0.25) is 9.80 Å². The van der Waals surface area contributed by atoms with Gasteiger partial charge in [0.25, 0.3) is 5.91 Å². The third-order valence-corrected chi connectivity index (χ3v) is 2.56. The lowest BCUT2D eigenvalue weighted by Crippen LogP contribution is -2.32. The molecule has 0 spiro atoms. The van der Waals surface area contributed by atoms with Crippen molar-refractivity contribution >= 4 is 5.91 Å². The van der Waals surface area contributed by atoms with Crippen LogP contribution in [0.4, 0.5) is 0 Å². The molecule has 0 bridgehead atoms. The van der Waals surface area contributed by atoms with E-state index >= 15 is 0 Å². The maximum absolute atomic E-state index is 11.6. The monoisotopic (exact) mass is 226 g/mol. The molecule has 2 rings (SSSR count). The lowest BCUT2D eigenvalue weighted by molar-refractivity contribution is 0.0795. The molecule has 86 valence electrons. The lowest BCUT2D eigenvalue weighted by atomic mass is 10.0. The van der Waals surface area contributed by atoms with E-state index in [1.807, 2.05) is 42.5 Å². The Hall–Kier alpha value is -2.13. The van der Waals surface area contributed by atoms with Crippen molar-refractivity contribution in [1.29, 1.82) is 0 Å². The van der Waals surface area contributed by atoms with E-state index in [0.29, 0.717) is 5.56 Å². The molecule has 0 heterocycles. The maximum atomic E-state index is 11.6. The molecule has 0 atom stereocenters. The van der Waals surface area contributed by atoms with Gasteiger partial charge >= 0.3 is 0 Å². The summed E-state index contributed by atoms with van der Waals surface area (Å²) in [4.78, 5) is 11.6. The van der Waals surface area contributed by atoms with Crippen LogP contribution in [0.5, 0.6) is 0 Å². The first-order valence-corrected chi connectivity index (χ1v) is 5.37. The highest BCUT2D eigenvalue weighted by Gasteiger charge is 2.07. The fourth-order valence-electron chi connectivity index (χ4n) is 1.64. The van der Waals surface area contributed by atoms with Crippen LogP contribution in [0.1, 0.15) is 10.4 Å². The molecule has 0 saturated carbocycles. The molecule has 0 unspecified atom stereocenters. The molecule has 0 fully saturated rings. The third kappa shape index (κ3) is 2.52. The fourth-order valence-corrected chi connectivity index (χ4v) is 1.64. The van der Waals surface area contributed by atoms with Crippen LogP contribution < -0.4 is 5.84 Å². The Morgan fingerprint density at radius 3 is 2.00 bits per heavy atom. The number of hydrogen-bond donors (Lipinski definition) is 1. The predicted octanol–water partition coefficient (Wildman–Crippen LogP) is 2.30. The Labute approximate surface area is 100 Å². The first-order chi connectivity index (χ1) is 8.18. The van der Waals surface area contributed by atoms with Crippen LogP contribution in [-0.4, -0.2) is 18.0 Å². The number of amides is 1. The minimum Gasteiger partial charge on any atom is -0.280 e. The van der Waals surface area contributed by atoms with E-state index in [-0.39, 0.29) is 5.91 Å². The Morgan fingerprint density at radius 2 is 1.47 bits per heavy atom. The van der Waals surface area contributed by atoms with Crippen molar-refractivity contribution in [3.05, 3.63) is 60.2 Å². The Kier molecular flexibility index (Phi) is 3.21. The van der Waals surface area contributed by atoms with Gasteiger partial charge in [-0.05, 0) is 23.3 Å². The predicted molar refractivity (Wildman–Crippen MR) is 68.2 cm³/mol. The largest absolute Gasteiger partial charge is 0.280 e. The van der Waals surface area contributed by atoms with Gasteiger partial charge in [0, 0.05) is 12.6 Å². The van der Waals surface area contributed by atoms with Crippen LogP contribution in [0.15, 0.2) is 54.6 Å². The summed E-state index contributed by atoms with van der Waals surface area (Å²) in [5, 5.41) is 1.08. The van der Waals surface area contributed by atoms with Crippen molar-refractivity contribution in [2.75, 3.05) is 7.05 Å². The zero-order chi connectivity index (χ0) is 12.3. The molecule has 17 heavy (non-hydrogen) atoms. The van der Waals surface area contributed by atoms with E-state index in [4.69, 9.17) is 5.84 Å². The fraction of sp³-hybridized carbons (Fsp3) is 0.0714. The Balaban J connectivity index is 2.28. The number of carbonyl (C=O) groups excluding carboxylic acids is 1. The molecule has 2 aromatic carbocycles. The summed E-state index contributed by atoms with van der Waals surface area (Å²) in [6.45, 7) is 0. The van der Waals surface area contributed by atoms with E-state index < -0.39 is 0 Å². The highest BCUT2D eigenvalue weighted by Crippen LogP contribution is 2.19. The minimum absolute atomic E-state index is 0.190. The second kappa shape index (κ2) is 4.80. The molecule has 0 aliphatic carbocycles. The molecule has 0 saturated heterocycles. The lowest BCUT2D eigenvalue weighted by Gasteiger charge is -2.10. The van der Waals surface area contributed by atoms with Gasteiger partial charge in [0.15, 0.2) is 0 Å².